The summed E-state index contributed by atoms with van der Waals surface area (Å²) in [5.41, 5.74) is 4.55. The van der Waals surface area contributed by atoms with Crippen LogP contribution in [-0.4, -0.2) is 55.2 Å². The lowest BCUT2D eigenvalue weighted by Gasteiger charge is -2.23. The molecule has 0 aliphatic rings. The van der Waals surface area contributed by atoms with Crippen molar-refractivity contribution in [2.45, 2.75) is 13.3 Å². The molecule has 0 spiro atoms. The van der Waals surface area contributed by atoms with Crippen LogP contribution in [0.25, 0.3) is 11.9 Å². The fourth-order valence-corrected chi connectivity index (χ4v) is 3.01. The van der Waals surface area contributed by atoms with Gasteiger partial charge in [-0.05, 0) is 37.6 Å². The fraction of sp³-hybridized carbons (Fsp3) is 0.238. The van der Waals surface area contributed by atoms with Gasteiger partial charge in [0.15, 0.2) is 0 Å². The van der Waals surface area contributed by atoms with Crippen molar-refractivity contribution in [3.8, 4) is 5.69 Å². The Labute approximate surface area is 174 Å². The smallest absolute Gasteiger partial charge is 0.256 e. The Bertz CT molecular complexity index is 1060. The van der Waals surface area contributed by atoms with Crippen molar-refractivity contribution >= 4 is 12.1 Å². The minimum Gasteiger partial charge on any atom is -0.337 e. The topological polar surface area (TPSA) is 112 Å². The van der Waals surface area contributed by atoms with Gasteiger partial charge in [-0.15, -0.1) is 0 Å². The van der Waals surface area contributed by atoms with E-state index in [2.05, 4.69) is 15.7 Å². The van der Waals surface area contributed by atoms with Crippen LogP contribution in [-0.2, 0) is 0 Å². The summed E-state index contributed by atoms with van der Waals surface area (Å²) in [7, 11) is 0. The van der Waals surface area contributed by atoms with Crippen molar-refractivity contribution in [3.63, 3.8) is 0 Å². The summed E-state index contributed by atoms with van der Waals surface area (Å²) < 4.78 is 1.70. The van der Waals surface area contributed by atoms with Crippen LogP contribution in [0.15, 0.2) is 61.1 Å². The Hall–Kier alpha value is -3.56. The summed E-state index contributed by atoms with van der Waals surface area (Å²) in [6, 6.07) is 10.9. The van der Waals surface area contributed by atoms with Crippen molar-refractivity contribution in [2.24, 2.45) is 0 Å². The van der Waals surface area contributed by atoms with Gasteiger partial charge in [-0.2, -0.15) is 15.0 Å². The van der Waals surface area contributed by atoms with Crippen LogP contribution in [0.4, 0.5) is 0 Å². The number of carbonyl (C=O) groups excluding carboxylic acids is 1. The van der Waals surface area contributed by atoms with E-state index in [-0.39, 0.29) is 12.5 Å². The van der Waals surface area contributed by atoms with Crippen LogP contribution in [0, 0.1) is 12.3 Å². The lowest BCUT2D eigenvalue weighted by Crippen LogP contribution is -2.37. The molecule has 9 nitrogen and oxygen atoms in total. The van der Waals surface area contributed by atoms with Crippen molar-refractivity contribution in [3.05, 3.63) is 77.7 Å². The van der Waals surface area contributed by atoms with Crippen LogP contribution in [0.2, 0.25) is 0 Å². The zero-order valence-electron chi connectivity index (χ0n) is 16.8. The quantitative estimate of drug-likeness (QED) is 0.469. The molecule has 3 rings (SSSR count). The molecule has 2 aromatic heterocycles. The van der Waals surface area contributed by atoms with Gasteiger partial charge >= 0.3 is 0 Å². The molecule has 30 heavy (non-hydrogen) atoms. The van der Waals surface area contributed by atoms with E-state index in [4.69, 9.17) is 10.6 Å². The molecular weight excluding hydrogens is 382 g/mol. The zero-order valence-corrected chi connectivity index (χ0v) is 16.8. The third-order valence-electron chi connectivity index (χ3n) is 4.52. The first kappa shape index (κ1) is 21.2. The molecule has 0 fully saturated rings. The summed E-state index contributed by atoms with van der Waals surface area (Å²) in [5.74, 6) is -0.164. The van der Waals surface area contributed by atoms with Gasteiger partial charge in [0.2, 0.25) is 0 Å². The van der Waals surface area contributed by atoms with E-state index in [1.807, 2.05) is 43.3 Å². The average molecular weight is 407 g/mol. The summed E-state index contributed by atoms with van der Waals surface area (Å²) in [6.07, 6.45) is 9.24. The third-order valence-corrected chi connectivity index (χ3v) is 4.52. The van der Waals surface area contributed by atoms with Gasteiger partial charge in [-0.25, -0.2) is 5.48 Å². The SMILES string of the molecule is Cc1ccc(-n2nccn2)c(C(=O)N(CC/C=C/n2ccccc2=N)CCNO)c1. The number of hydrogen-bond donors (Lipinski definition) is 3. The first-order valence-corrected chi connectivity index (χ1v) is 9.62. The maximum absolute atomic E-state index is 13.3. The number of aromatic nitrogens is 4. The van der Waals surface area contributed by atoms with Gasteiger partial charge in [0.1, 0.15) is 5.49 Å². The molecule has 0 aliphatic heterocycles. The second-order valence-corrected chi connectivity index (χ2v) is 6.71. The predicted molar refractivity (Wildman–Crippen MR) is 112 cm³/mol. The molecule has 3 aromatic rings. The number of pyridine rings is 1. The highest BCUT2D eigenvalue weighted by Gasteiger charge is 2.20. The van der Waals surface area contributed by atoms with E-state index in [1.165, 1.54) is 4.80 Å². The summed E-state index contributed by atoms with van der Waals surface area (Å²) in [6.45, 7) is 2.97. The molecule has 3 N–H and O–H groups in total. The van der Waals surface area contributed by atoms with Gasteiger partial charge in [-0.1, -0.05) is 23.8 Å². The molecule has 1 aromatic carbocycles. The molecule has 0 atom stereocenters. The number of aryl methyl sites for hydroxylation is 1. The Morgan fingerprint density at radius 2 is 2.03 bits per heavy atom. The molecule has 0 saturated carbocycles. The molecule has 156 valence electrons. The first-order chi connectivity index (χ1) is 14.6. The second kappa shape index (κ2) is 10.3. The maximum Gasteiger partial charge on any atom is 0.256 e. The van der Waals surface area contributed by atoms with Gasteiger partial charge in [-0.3, -0.25) is 10.2 Å². The van der Waals surface area contributed by atoms with Crippen LogP contribution in [0.5, 0.6) is 0 Å². The number of nitrogens with one attached hydrogen (secondary N) is 2. The van der Waals surface area contributed by atoms with E-state index in [1.54, 1.807) is 40.3 Å². The number of hydrogen-bond acceptors (Lipinski definition) is 6. The molecular formula is C21H25N7O2. The number of carbonyl (C=O) groups is 1. The molecule has 0 aliphatic carbocycles. The number of rotatable bonds is 9. The van der Waals surface area contributed by atoms with Gasteiger partial charge in [0, 0.05) is 32.0 Å². The van der Waals surface area contributed by atoms with Crippen LogP contribution < -0.4 is 11.0 Å². The van der Waals surface area contributed by atoms with Gasteiger partial charge in [0.05, 0.1) is 23.6 Å². The Morgan fingerprint density at radius 3 is 2.77 bits per heavy atom. The van der Waals surface area contributed by atoms with Crippen molar-refractivity contribution in [1.82, 2.24) is 29.9 Å². The summed E-state index contributed by atoms with van der Waals surface area (Å²) >= 11 is 0. The molecule has 0 saturated heterocycles. The van der Waals surface area contributed by atoms with E-state index in [9.17, 15) is 4.79 Å². The average Bonchev–Trinajstić information content (AvgIpc) is 3.28. The summed E-state index contributed by atoms with van der Waals surface area (Å²) in [5, 5.41) is 25.2. The number of hydroxylamine groups is 1. The van der Waals surface area contributed by atoms with E-state index < -0.39 is 0 Å². The minimum atomic E-state index is -0.164. The largest absolute Gasteiger partial charge is 0.337 e. The van der Waals surface area contributed by atoms with E-state index >= 15 is 0 Å². The van der Waals surface area contributed by atoms with Crippen LogP contribution in [0.1, 0.15) is 22.3 Å². The maximum atomic E-state index is 13.3. The third kappa shape index (κ3) is 5.28. The molecule has 1 amide bonds. The monoisotopic (exact) mass is 407 g/mol. The number of amides is 1. The van der Waals surface area contributed by atoms with E-state index in [0.29, 0.717) is 36.2 Å². The second-order valence-electron chi connectivity index (χ2n) is 6.71. The number of nitrogens with zero attached hydrogens (tertiary/aromatic N) is 5. The normalized spacial score (nSPS) is 11.1. The molecule has 0 unspecified atom stereocenters. The van der Waals surface area contributed by atoms with Crippen LogP contribution >= 0.6 is 0 Å². The Kier molecular flexibility index (Phi) is 7.25. The first-order valence-electron chi connectivity index (χ1n) is 9.62. The lowest BCUT2D eigenvalue weighted by atomic mass is 10.1. The highest BCUT2D eigenvalue weighted by molar-refractivity contribution is 5.98. The van der Waals surface area contributed by atoms with Crippen molar-refractivity contribution in [2.75, 3.05) is 19.6 Å². The fourth-order valence-electron chi connectivity index (χ4n) is 3.01. The molecule has 0 bridgehead atoms. The standard InChI is InChI=1S/C21H25N7O2/c1-17-7-8-19(28-23-9-10-24-28)18(16-17)21(29)27(15-11-25-30)14-5-4-13-26-12-3-2-6-20(26)22/h2-4,6-10,12-13,16,22,25,30H,5,11,14-15H2,1H3/b13-4+,22-20?. The van der Waals surface area contributed by atoms with E-state index in [0.717, 1.165) is 5.56 Å². The molecule has 9 heteroatoms. The lowest BCUT2D eigenvalue weighted by molar-refractivity contribution is 0.0730. The number of benzene rings is 1. The van der Waals surface area contributed by atoms with Crippen molar-refractivity contribution < 1.29 is 10.0 Å². The Balaban J connectivity index is 1.78. The van der Waals surface area contributed by atoms with Gasteiger partial charge in [0.25, 0.3) is 5.91 Å². The Morgan fingerprint density at radius 1 is 1.23 bits per heavy atom. The highest BCUT2D eigenvalue weighted by atomic mass is 16.5. The molecule has 2 heterocycles. The predicted octanol–water partition coefficient (Wildman–Crippen LogP) is 1.84. The molecule has 0 radical (unpaired) electrons. The summed E-state index contributed by atoms with van der Waals surface area (Å²) in [4.78, 5) is 16.4. The van der Waals surface area contributed by atoms with Crippen LogP contribution in [0.3, 0.4) is 0 Å². The van der Waals surface area contributed by atoms with Crippen molar-refractivity contribution in [1.29, 1.82) is 5.41 Å². The highest BCUT2D eigenvalue weighted by Crippen LogP contribution is 2.17. The zero-order chi connectivity index (χ0) is 21.3. The van der Waals surface area contributed by atoms with Gasteiger partial charge < -0.3 is 14.7 Å². The minimum absolute atomic E-state index is 0.164.